The molecule has 152 valence electrons. The summed E-state index contributed by atoms with van der Waals surface area (Å²) in [6, 6.07) is 5.49. The second-order valence-corrected chi connectivity index (χ2v) is 7.23. The van der Waals surface area contributed by atoms with Crippen LogP contribution in [0.5, 0.6) is 0 Å². The summed E-state index contributed by atoms with van der Waals surface area (Å²) in [5.74, 6) is -0.825. The molecule has 1 saturated heterocycles. The average Bonchev–Trinajstić information content (AvgIpc) is 3.15. The van der Waals surface area contributed by atoms with Crippen LogP contribution in [0.15, 0.2) is 24.3 Å². The molecule has 0 radical (unpaired) electrons. The molecule has 1 aromatic heterocycles. The van der Waals surface area contributed by atoms with E-state index in [0.29, 0.717) is 50.5 Å². The molecule has 0 saturated carbocycles. The van der Waals surface area contributed by atoms with Gasteiger partial charge in [0.1, 0.15) is 11.5 Å². The van der Waals surface area contributed by atoms with Gasteiger partial charge < -0.3 is 19.7 Å². The Bertz CT molecular complexity index is 932. The Balaban J connectivity index is 1.58. The molecule has 3 amide bonds. The van der Waals surface area contributed by atoms with Gasteiger partial charge in [0.05, 0.1) is 5.69 Å². The molecule has 0 bridgehead atoms. The van der Waals surface area contributed by atoms with E-state index in [1.54, 1.807) is 9.80 Å². The largest absolute Gasteiger partial charge is 0.342 e. The maximum Gasteiger partial charge on any atom is 0.291 e. The summed E-state index contributed by atoms with van der Waals surface area (Å²) in [7, 11) is 0. The van der Waals surface area contributed by atoms with Crippen LogP contribution in [0.3, 0.4) is 0 Å². The van der Waals surface area contributed by atoms with Crippen molar-refractivity contribution < 1.29 is 18.8 Å². The number of fused-ring (bicyclic) bond motifs is 1. The van der Waals surface area contributed by atoms with E-state index in [1.807, 2.05) is 4.57 Å². The van der Waals surface area contributed by atoms with Crippen molar-refractivity contribution in [1.82, 2.24) is 19.4 Å². The molecule has 4 rings (SSSR count). The quantitative estimate of drug-likeness (QED) is 0.790. The number of amides is 3. The monoisotopic (exact) mass is 399 g/mol. The fourth-order valence-corrected chi connectivity index (χ4v) is 3.79. The number of hydrogen-bond acceptors (Lipinski definition) is 4. The number of piperazine rings is 1. The molecular formula is C20H22FN5O3. The van der Waals surface area contributed by atoms with E-state index in [1.165, 1.54) is 24.3 Å². The van der Waals surface area contributed by atoms with Gasteiger partial charge in [0.25, 0.3) is 11.8 Å². The van der Waals surface area contributed by atoms with E-state index in [0.717, 1.165) is 24.9 Å². The Kier molecular flexibility index (Phi) is 5.28. The highest BCUT2D eigenvalue weighted by molar-refractivity contribution is 6.03. The number of rotatable bonds is 4. The normalized spacial score (nSPS) is 16.3. The first-order valence-electron chi connectivity index (χ1n) is 9.72. The zero-order valence-corrected chi connectivity index (χ0v) is 15.9. The highest BCUT2D eigenvalue weighted by Crippen LogP contribution is 2.23. The van der Waals surface area contributed by atoms with Crippen LogP contribution in [-0.2, 0) is 17.8 Å². The van der Waals surface area contributed by atoms with Gasteiger partial charge >= 0.3 is 0 Å². The van der Waals surface area contributed by atoms with Crippen molar-refractivity contribution in [1.29, 1.82) is 0 Å². The minimum absolute atomic E-state index is 0.193. The maximum absolute atomic E-state index is 13.1. The number of carbonyl (C=O) groups excluding carboxylic acids is 3. The molecule has 8 nitrogen and oxygen atoms in total. The summed E-state index contributed by atoms with van der Waals surface area (Å²) in [6.07, 6.45) is 3.32. The van der Waals surface area contributed by atoms with Crippen LogP contribution in [0.1, 0.15) is 39.6 Å². The predicted molar refractivity (Wildman–Crippen MR) is 103 cm³/mol. The molecule has 0 aliphatic carbocycles. The fourth-order valence-electron chi connectivity index (χ4n) is 3.79. The molecule has 0 unspecified atom stereocenters. The second-order valence-electron chi connectivity index (χ2n) is 7.23. The van der Waals surface area contributed by atoms with Gasteiger partial charge in [-0.1, -0.05) is 0 Å². The van der Waals surface area contributed by atoms with Crippen LogP contribution in [0.2, 0.25) is 0 Å². The lowest BCUT2D eigenvalue weighted by molar-refractivity contribution is -0.119. The highest BCUT2D eigenvalue weighted by atomic mass is 19.1. The first-order chi connectivity index (χ1) is 14.1. The van der Waals surface area contributed by atoms with Crippen LogP contribution in [0, 0.1) is 5.82 Å². The lowest BCUT2D eigenvalue weighted by Gasteiger charge is -2.32. The van der Waals surface area contributed by atoms with Crippen molar-refractivity contribution in [3.8, 4) is 0 Å². The van der Waals surface area contributed by atoms with Gasteiger partial charge in [-0.05, 0) is 43.5 Å². The zero-order valence-electron chi connectivity index (χ0n) is 15.9. The third-order valence-electron chi connectivity index (χ3n) is 5.38. The van der Waals surface area contributed by atoms with Crippen molar-refractivity contribution in [2.45, 2.75) is 25.8 Å². The molecule has 0 atom stereocenters. The Hall–Kier alpha value is -3.23. The number of nitrogens with one attached hydrogen (secondary N) is 1. The van der Waals surface area contributed by atoms with Crippen molar-refractivity contribution >= 4 is 23.9 Å². The Morgan fingerprint density at radius 3 is 2.45 bits per heavy atom. The summed E-state index contributed by atoms with van der Waals surface area (Å²) in [5.41, 5.74) is 1.55. The van der Waals surface area contributed by atoms with E-state index in [2.05, 4.69) is 10.3 Å². The lowest BCUT2D eigenvalue weighted by Crippen LogP contribution is -2.48. The number of imidazole rings is 1. The zero-order chi connectivity index (χ0) is 20.4. The first kappa shape index (κ1) is 19.1. The number of carbonyl (C=O) groups is 3. The molecule has 9 heteroatoms. The topological polar surface area (TPSA) is 87.5 Å². The number of halogens is 1. The summed E-state index contributed by atoms with van der Waals surface area (Å²) >= 11 is 0. The summed E-state index contributed by atoms with van der Waals surface area (Å²) in [6.45, 7) is 2.50. The third-order valence-corrected chi connectivity index (χ3v) is 5.38. The third kappa shape index (κ3) is 3.85. The lowest BCUT2D eigenvalue weighted by atomic mass is 10.1. The van der Waals surface area contributed by atoms with Crippen molar-refractivity contribution in [3.63, 3.8) is 0 Å². The molecule has 2 aromatic rings. The number of aromatic nitrogens is 2. The second kappa shape index (κ2) is 8.02. The molecule has 2 aliphatic rings. The van der Waals surface area contributed by atoms with E-state index in [9.17, 15) is 18.8 Å². The number of hydrogen-bond donors (Lipinski definition) is 1. The molecular weight excluding hydrogens is 377 g/mol. The van der Waals surface area contributed by atoms with Gasteiger partial charge in [0, 0.05) is 38.4 Å². The number of nitrogens with zero attached hydrogens (tertiary/aromatic N) is 4. The summed E-state index contributed by atoms with van der Waals surface area (Å²) in [5, 5.41) is 2.72. The van der Waals surface area contributed by atoms with E-state index < -0.39 is 5.91 Å². The fraction of sp³-hybridized carbons (Fsp3) is 0.400. The van der Waals surface area contributed by atoms with Crippen LogP contribution in [0.25, 0.3) is 0 Å². The van der Waals surface area contributed by atoms with Crippen LogP contribution < -0.4 is 5.32 Å². The SMILES string of the molecule is O=CN1CCN(C(=O)c2nc(C(=O)Nc3ccc(F)cc3)n3c2CCCC3)CC1. The average molecular weight is 399 g/mol. The molecule has 1 N–H and O–H groups in total. The summed E-state index contributed by atoms with van der Waals surface area (Å²) < 4.78 is 14.9. The number of benzene rings is 1. The van der Waals surface area contributed by atoms with E-state index in [-0.39, 0.29) is 17.5 Å². The van der Waals surface area contributed by atoms with Crippen molar-refractivity contribution in [3.05, 3.63) is 47.3 Å². The van der Waals surface area contributed by atoms with Crippen molar-refractivity contribution in [2.24, 2.45) is 0 Å². The minimum atomic E-state index is -0.426. The number of anilines is 1. The Labute approximate surface area is 167 Å². The van der Waals surface area contributed by atoms with Crippen LogP contribution in [0.4, 0.5) is 10.1 Å². The van der Waals surface area contributed by atoms with Gasteiger partial charge in [-0.2, -0.15) is 0 Å². The molecule has 3 heterocycles. The molecule has 29 heavy (non-hydrogen) atoms. The van der Waals surface area contributed by atoms with Crippen LogP contribution >= 0.6 is 0 Å². The van der Waals surface area contributed by atoms with E-state index in [4.69, 9.17) is 0 Å². The van der Waals surface area contributed by atoms with Gasteiger partial charge in [0.2, 0.25) is 6.41 Å². The molecule has 1 aromatic carbocycles. The van der Waals surface area contributed by atoms with Gasteiger partial charge in [0.15, 0.2) is 5.82 Å². The van der Waals surface area contributed by atoms with Crippen LogP contribution in [-0.4, -0.2) is 63.8 Å². The van der Waals surface area contributed by atoms with Gasteiger partial charge in [-0.15, -0.1) is 0 Å². The minimum Gasteiger partial charge on any atom is -0.342 e. The standard InChI is InChI=1S/C20H22FN5O3/c21-14-4-6-15(7-5-14)22-19(28)18-23-17(16-3-1-2-8-26(16)18)20(29)25-11-9-24(13-27)10-12-25/h4-7,13H,1-3,8-12H2,(H,22,28). The molecule has 0 spiro atoms. The molecule has 1 fully saturated rings. The maximum atomic E-state index is 13.1. The predicted octanol–water partition coefficient (Wildman–Crippen LogP) is 1.52. The van der Waals surface area contributed by atoms with E-state index >= 15 is 0 Å². The highest BCUT2D eigenvalue weighted by Gasteiger charge is 2.31. The molecule has 2 aliphatic heterocycles. The Morgan fingerprint density at radius 1 is 1.03 bits per heavy atom. The smallest absolute Gasteiger partial charge is 0.291 e. The first-order valence-corrected chi connectivity index (χ1v) is 9.72. The Morgan fingerprint density at radius 2 is 1.76 bits per heavy atom. The van der Waals surface area contributed by atoms with Crippen molar-refractivity contribution in [2.75, 3.05) is 31.5 Å². The van der Waals surface area contributed by atoms with Gasteiger partial charge in [-0.25, -0.2) is 9.37 Å². The summed E-state index contributed by atoms with van der Waals surface area (Å²) in [4.78, 5) is 44.5. The van der Waals surface area contributed by atoms with Gasteiger partial charge in [-0.3, -0.25) is 14.4 Å².